The van der Waals surface area contributed by atoms with E-state index in [1.54, 1.807) is 0 Å². The molecule has 9 heteroatoms. The van der Waals surface area contributed by atoms with E-state index in [9.17, 15) is 18.0 Å². The Balaban J connectivity index is 3.55. The molecule has 0 aromatic rings. The summed E-state index contributed by atoms with van der Waals surface area (Å²) in [5.41, 5.74) is 0. The van der Waals surface area contributed by atoms with Gasteiger partial charge in [0.1, 0.15) is 0 Å². The topological polar surface area (TPSA) is 104 Å². The zero-order chi connectivity index (χ0) is 13.3. The highest BCUT2D eigenvalue weighted by molar-refractivity contribution is 7.88. The number of sulfonamides is 1. The van der Waals surface area contributed by atoms with Gasteiger partial charge in [-0.1, -0.05) is 0 Å². The van der Waals surface area contributed by atoms with Crippen LogP contribution in [0.1, 0.15) is 12.8 Å². The lowest BCUT2D eigenvalue weighted by Gasteiger charge is -2.06. The van der Waals surface area contributed by atoms with Crippen LogP contribution in [0, 0.1) is 0 Å². The lowest BCUT2D eigenvalue weighted by Crippen LogP contribution is -2.40. The van der Waals surface area contributed by atoms with Gasteiger partial charge in [-0.25, -0.2) is 17.9 Å². The van der Waals surface area contributed by atoms with Gasteiger partial charge >= 0.3 is 6.03 Å². The fourth-order valence-electron chi connectivity index (χ4n) is 0.867. The zero-order valence-electron chi connectivity index (χ0n) is 9.45. The molecule has 7 nitrogen and oxygen atoms in total. The third-order valence-electron chi connectivity index (χ3n) is 1.58. The summed E-state index contributed by atoms with van der Waals surface area (Å²) in [7, 11) is -3.20. The van der Waals surface area contributed by atoms with Crippen LogP contribution in [0.15, 0.2) is 0 Å². The van der Waals surface area contributed by atoms with Gasteiger partial charge in [0.15, 0.2) is 0 Å². The van der Waals surface area contributed by atoms with Gasteiger partial charge < -0.3 is 5.32 Å². The standard InChI is InChI=1S/C8H16ClN3O4S/c1-17(15,16)11-6-2-5-10-8(14)12-7(13)3-4-9/h11H,2-6H2,1H3,(H2,10,12,13,14). The molecule has 0 unspecified atom stereocenters. The average Bonchev–Trinajstić information content (AvgIpc) is 2.15. The number of hydrogen-bond acceptors (Lipinski definition) is 4. The highest BCUT2D eigenvalue weighted by Crippen LogP contribution is 1.84. The van der Waals surface area contributed by atoms with Crippen LogP contribution in [0.2, 0.25) is 0 Å². The maximum Gasteiger partial charge on any atom is 0.321 e. The van der Waals surface area contributed by atoms with Crippen LogP contribution in [0.3, 0.4) is 0 Å². The predicted molar refractivity (Wildman–Crippen MR) is 64.3 cm³/mol. The van der Waals surface area contributed by atoms with Gasteiger partial charge in [-0.3, -0.25) is 10.1 Å². The molecule has 0 aliphatic heterocycles. The van der Waals surface area contributed by atoms with Crippen LogP contribution >= 0.6 is 11.6 Å². The lowest BCUT2D eigenvalue weighted by molar-refractivity contribution is -0.119. The first-order chi connectivity index (χ1) is 7.85. The maximum atomic E-state index is 11.1. The van der Waals surface area contributed by atoms with Crippen molar-refractivity contribution >= 4 is 33.6 Å². The zero-order valence-corrected chi connectivity index (χ0v) is 11.0. The molecule has 0 spiro atoms. The number of carbonyl (C=O) groups excluding carboxylic acids is 2. The van der Waals surface area contributed by atoms with Crippen molar-refractivity contribution in [2.24, 2.45) is 0 Å². The summed E-state index contributed by atoms with van der Waals surface area (Å²) in [6.45, 7) is 0.497. The van der Waals surface area contributed by atoms with Gasteiger partial charge in [-0.05, 0) is 6.42 Å². The maximum absolute atomic E-state index is 11.1. The lowest BCUT2D eigenvalue weighted by atomic mass is 10.4. The number of hydrogen-bond donors (Lipinski definition) is 3. The molecule has 0 atom stereocenters. The second kappa shape index (κ2) is 8.26. The third kappa shape index (κ3) is 11.4. The first-order valence-electron chi connectivity index (χ1n) is 4.93. The van der Waals surface area contributed by atoms with Crippen LogP contribution in [0.5, 0.6) is 0 Å². The van der Waals surface area contributed by atoms with Gasteiger partial charge in [-0.15, -0.1) is 11.6 Å². The van der Waals surface area contributed by atoms with Crippen LogP contribution in [0.4, 0.5) is 4.79 Å². The fourth-order valence-corrected chi connectivity index (χ4v) is 1.55. The minimum atomic E-state index is -3.20. The Morgan fingerprint density at radius 1 is 1.24 bits per heavy atom. The van der Waals surface area contributed by atoms with Crippen molar-refractivity contribution in [2.75, 3.05) is 25.2 Å². The smallest absolute Gasteiger partial charge is 0.321 e. The highest BCUT2D eigenvalue weighted by Gasteiger charge is 2.05. The second-order valence-corrected chi connectivity index (χ2v) is 5.47. The van der Waals surface area contributed by atoms with E-state index < -0.39 is 22.0 Å². The Hall–Kier alpha value is -0.860. The second-order valence-electron chi connectivity index (χ2n) is 3.26. The van der Waals surface area contributed by atoms with Crippen LogP contribution in [-0.2, 0) is 14.8 Å². The molecule has 0 rings (SSSR count). The van der Waals surface area contributed by atoms with E-state index in [1.807, 2.05) is 0 Å². The summed E-state index contributed by atoms with van der Waals surface area (Å²) < 4.78 is 23.6. The van der Waals surface area contributed by atoms with E-state index in [-0.39, 0.29) is 25.4 Å². The van der Waals surface area contributed by atoms with Crippen LogP contribution in [0.25, 0.3) is 0 Å². The van der Waals surface area contributed by atoms with E-state index in [4.69, 9.17) is 11.6 Å². The normalized spacial score (nSPS) is 10.9. The number of halogens is 1. The molecule has 0 radical (unpaired) electrons. The predicted octanol–water partition coefficient (Wildman–Crippen LogP) is -0.620. The van der Waals surface area contributed by atoms with Crippen molar-refractivity contribution in [3.63, 3.8) is 0 Å². The summed E-state index contributed by atoms with van der Waals surface area (Å²) in [5, 5.41) is 4.49. The first kappa shape index (κ1) is 16.1. The van der Waals surface area contributed by atoms with Crippen molar-refractivity contribution in [1.29, 1.82) is 0 Å². The Morgan fingerprint density at radius 3 is 2.41 bits per heavy atom. The van der Waals surface area contributed by atoms with Crippen LogP contribution in [-0.4, -0.2) is 45.6 Å². The van der Waals surface area contributed by atoms with Gasteiger partial charge in [-0.2, -0.15) is 0 Å². The number of carbonyl (C=O) groups is 2. The van der Waals surface area contributed by atoms with Crippen molar-refractivity contribution in [3.05, 3.63) is 0 Å². The summed E-state index contributed by atoms with van der Waals surface area (Å²) in [6.07, 6.45) is 1.56. The number of imide groups is 1. The summed E-state index contributed by atoms with van der Waals surface area (Å²) in [4.78, 5) is 22.0. The van der Waals surface area contributed by atoms with E-state index >= 15 is 0 Å². The summed E-state index contributed by atoms with van der Waals surface area (Å²) in [5.74, 6) is -0.302. The Morgan fingerprint density at radius 2 is 1.88 bits per heavy atom. The molecule has 0 saturated carbocycles. The minimum Gasteiger partial charge on any atom is -0.338 e. The number of rotatable bonds is 7. The molecule has 0 fully saturated rings. The Kier molecular flexibility index (Phi) is 7.85. The molecular weight excluding hydrogens is 270 g/mol. The van der Waals surface area contributed by atoms with Gasteiger partial charge in [0.05, 0.1) is 6.26 Å². The molecule has 0 bridgehead atoms. The number of alkyl halides is 1. The number of amides is 3. The number of nitrogens with one attached hydrogen (secondary N) is 3. The summed E-state index contributed by atoms with van der Waals surface area (Å²) in [6, 6.07) is -0.612. The van der Waals surface area contributed by atoms with E-state index in [2.05, 4.69) is 15.4 Å². The quantitative estimate of drug-likeness (QED) is 0.428. The van der Waals surface area contributed by atoms with E-state index in [0.29, 0.717) is 6.42 Å². The molecule has 17 heavy (non-hydrogen) atoms. The molecule has 100 valence electrons. The number of urea groups is 1. The monoisotopic (exact) mass is 285 g/mol. The minimum absolute atomic E-state index is 0.0740. The molecule has 0 saturated heterocycles. The molecular formula is C8H16ClN3O4S. The molecule has 3 amide bonds. The van der Waals surface area contributed by atoms with Gasteiger partial charge in [0.25, 0.3) is 0 Å². The highest BCUT2D eigenvalue weighted by atomic mass is 35.5. The van der Waals surface area contributed by atoms with E-state index in [0.717, 1.165) is 6.26 Å². The van der Waals surface area contributed by atoms with Crippen LogP contribution < -0.4 is 15.4 Å². The SMILES string of the molecule is CS(=O)(=O)NCCCNC(=O)NC(=O)CCCl. The largest absolute Gasteiger partial charge is 0.338 e. The third-order valence-corrected chi connectivity index (χ3v) is 2.50. The molecule has 0 aromatic heterocycles. The molecule has 3 N–H and O–H groups in total. The van der Waals surface area contributed by atoms with Crippen molar-refractivity contribution < 1.29 is 18.0 Å². The summed E-state index contributed by atoms with van der Waals surface area (Å²) >= 11 is 5.31. The van der Waals surface area contributed by atoms with Crippen molar-refractivity contribution in [1.82, 2.24) is 15.4 Å². The molecule has 0 aliphatic carbocycles. The van der Waals surface area contributed by atoms with Crippen molar-refractivity contribution in [3.8, 4) is 0 Å². The fraction of sp³-hybridized carbons (Fsp3) is 0.750. The Labute approximate surface area is 105 Å². The average molecular weight is 286 g/mol. The van der Waals surface area contributed by atoms with E-state index in [1.165, 1.54) is 0 Å². The molecule has 0 heterocycles. The van der Waals surface area contributed by atoms with Crippen molar-refractivity contribution in [2.45, 2.75) is 12.8 Å². The molecule has 0 aliphatic rings. The van der Waals surface area contributed by atoms with Gasteiger partial charge in [0.2, 0.25) is 15.9 Å². The first-order valence-corrected chi connectivity index (χ1v) is 7.36. The van der Waals surface area contributed by atoms with Gasteiger partial charge in [0, 0.05) is 25.4 Å². The molecule has 0 aromatic carbocycles. The Bertz CT molecular complexity index is 358.